The first kappa shape index (κ1) is 15.5. The van der Waals surface area contributed by atoms with E-state index in [1.54, 1.807) is 0 Å². The number of hydrogen-bond donors (Lipinski definition) is 1. The van der Waals surface area contributed by atoms with Crippen LogP contribution in [0.25, 0.3) is 10.8 Å². The third-order valence-electron chi connectivity index (χ3n) is 5.40. The van der Waals surface area contributed by atoms with Crippen molar-refractivity contribution in [3.63, 3.8) is 0 Å². The number of aliphatic imine (C=N–C) groups is 1. The fourth-order valence-electron chi connectivity index (χ4n) is 3.95. The molecule has 0 amide bonds. The summed E-state index contributed by atoms with van der Waals surface area (Å²) in [5.41, 5.74) is 1.65. The molecule has 0 bridgehead atoms. The Bertz CT molecular complexity index is 749. The van der Waals surface area contributed by atoms with Crippen molar-refractivity contribution in [3.05, 3.63) is 48.0 Å². The highest BCUT2D eigenvalue weighted by Gasteiger charge is 2.42. The average Bonchev–Trinajstić information content (AvgIpc) is 3.26. The molecule has 2 saturated heterocycles. The summed E-state index contributed by atoms with van der Waals surface area (Å²) in [6.45, 7) is 4.75. The third kappa shape index (κ3) is 2.98. The number of nitrogens with zero attached hydrogens (tertiary/aromatic N) is 2. The molecule has 2 fully saturated rings. The Kier molecular flexibility index (Phi) is 4.15. The minimum absolute atomic E-state index is 0.362. The Morgan fingerprint density at radius 1 is 1.21 bits per heavy atom. The van der Waals surface area contributed by atoms with Crippen LogP contribution < -0.4 is 5.32 Å². The summed E-state index contributed by atoms with van der Waals surface area (Å²) in [5.74, 6) is 1.01. The number of guanidine groups is 1. The molecular weight excluding hydrogens is 298 g/mol. The van der Waals surface area contributed by atoms with Crippen LogP contribution in [0.4, 0.5) is 0 Å². The molecule has 0 saturated carbocycles. The summed E-state index contributed by atoms with van der Waals surface area (Å²) < 4.78 is 5.63. The van der Waals surface area contributed by atoms with Gasteiger partial charge in [-0.1, -0.05) is 36.4 Å². The highest BCUT2D eigenvalue weighted by molar-refractivity contribution is 5.83. The molecule has 2 aliphatic rings. The van der Waals surface area contributed by atoms with Crippen LogP contribution >= 0.6 is 0 Å². The van der Waals surface area contributed by atoms with E-state index in [9.17, 15) is 0 Å². The minimum Gasteiger partial charge on any atom is -0.381 e. The zero-order valence-electron chi connectivity index (χ0n) is 14.3. The second-order valence-electron chi connectivity index (χ2n) is 7.06. The molecular formula is C20H25N3O. The van der Waals surface area contributed by atoms with Crippen molar-refractivity contribution in [3.8, 4) is 0 Å². The minimum atomic E-state index is 0.362. The van der Waals surface area contributed by atoms with Crippen molar-refractivity contribution in [2.45, 2.75) is 19.4 Å². The average molecular weight is 323 g/mol. The fraction of sp³-hybridized carbons (Fsp3) is 0.450. The largest absolute Gasteiger partial charge is 0.381 e. The molecule has 1 spiro atoms. The zero-order valence-corrected chi connectivity index (χ0v) is 14.3. The van der Waals surface area contributed by atoms with Crippen LogP contribution in [0.3, 0.4) is 0 Å². The van der Waals surface area contributed by atoms with Gasteiger partial charge in [0.2, 0.25) is 0 Å². The van der Waals surface area contributed by atoms with E-state index in [1.165, 1.54) is 29.2 Å². The van der Waals surface area contributed by atoms with Gasteiger partial charge in [0.1, 0.15) is 0 Å². The molecule has 24 heavy (non-hydrogen) atoms. The van der Waals surface area contributed by atoms with E-state index in [0.29, 0.717) is 5.41 Å². The van der Waals surface area contributed by atoms with Crippen molar-refractivity contribution in [1.29, 1.82) is 0 Å². The molecule has 2 aromatic rings. The summed E-state index contributed by atoms with van der Waals surface area (Å²) in [5, 5.41) is 6.11. The summed E-state index contributed by atoms with van der Waals surface area (Å²) in [4.78, 5) is 6.88. The number of ether oxygens (including phenoxy) is 1. The van der Waals surface area contributed by atoms with Crippen LogP contribution in [0, 0.1) is 5.41 Å². The van der Waals surface area contributed by atoms with Crippen LogP contribution in [-0.2, 0) is 11.3 Å². The highest BCUT2D eigenvalue weighted by Crippen LogP contribution is 2.38. The summed E-state index contributed by atoms with van der Waals surface area (Å²) in [6, 6.07) is 15.1. The van der Waals surface area contributed by atoms with Gasteiger partial charge in [0.15, 0.2) is 5.96 Å². The summed E-state index contributed by atoms with van der Waals surface area (Å²) >= 11 is 0. The number of rotatable bonds is 2. The van der Waals surface area contributed by atoms with Gasteiger partial charge in [0.05, 0.1) is 6.61 Å². The molecule has 1 atom stereocenters. The van der Waals surface area contributed by atoms with Gasteiger partial charge in [0, 0.05) is 38.7 Å². The third-order valence-corrected chi connectivity index (χ3v) is 5.40. The number of hydrogen-bond acceptors (Lipinski definition) is 2. The zero-order chi connectivity index (χ0) is 16.4. The predicted octanol–water partition coefficient (Wildman–Crippen LogP) is 3.03. The highest BCUT2D eigenvalue weighted by atomic mass is 16.5. The maximum atomic E-state index is 5.63. The Morgan fingerprint density at radius 2 is 2.08 bits per heavy atom. The van der Waals surface area contributed by atoms with Crippen molar-refractivity contribution in [2.24, 2.45) is 10.4 Å². The lowest BCUT2D eigenvalue weighted by Crippen LogP contribution is -2.41. The van der Waals surface area contributed by atoms with Gasteiger partial charge in [-0.3, -0.25) is 4.99 Å². The van der Waals surface area contributed by atoms with E-state index in [-0.39, 0.29) is 0 Å². The molecule has 0 radical (unpaired) electrons. The first-order valence-corrected chi connectivity index (χ1v) is 8.79. The SMILES string of the molecule is CN=C(NCc1ccc2ccccc2c1)N1CCC2(CCOC2)C1. The van der Waals surface area contributed by atoms with E-state index in [4.69, 9.17) is 4.74 Å². The van der Waals surface area contributed by atoms with Gasteiger partial charge >= 0.3 is 0 Å². The quantitative estimate of drug-likeness (QED) is 0.682. The van der Waals surface area contributed by atoms with E-state index in [0.717, 1.165) is 38.8 Å². The van der Waals surface area contributed by atoms with Gasteiger partial charge in [0.25, 0.3) is 0 Å². The monoisotopic (exact) mass is 323 g/mol. The van der Waals surface area contributed by atoms with Crippen LogP contribution in [0.15, 0.2) is 47.5 Å². The van der Waals surface area contributed by atoms with Crippen LogP contribution in [0.2, 0.25) is 0 Å². The van der Waals surface area contributed by atoms with E-state index in [2.05, 4.69) is 57.7 Å². The van der Waals surface area contributed by atoms with Crippen molar-refractivity contribution in [2.75, 3.05) is 33.4 Å². The number of likely N-dealkylation sites (tertiary alicyclic amines) is 1. The normalized spacial score (nSPS) is 24.2. The maximum absolute atomic E-state index is 5.63. The second-order valence-corrected chi connectivity index (χ2v) is 7.06. The Morgan fingerprint density at radius 3 is 2.88 bits per heavy atom. The topological polar surface area (TPSA) is 36.9 Å². The summed E-state index contributed by atoms with van der Waals surface area (Å²) in [7, 11) is 1.87. The lowest BCUT2D eigenvalue weighted by atomic mass is 9.87. The molecule has 2 aromatic carbocycles. The first-order chi connectivity index (χ1) is 11.8. The molecule has 126 valence electrons. The molecule has 1 unspecified atom stereocenters. The molecule has 2 heterocycles. The van der Waals surface area contributed by atoms with E-state index >= 15 is 0 Å². The Balaban J connectivity index is 1.41. The van der Waals surface area contributed by atoms with E-state index in [1.807, 2.05) is 7.05 Å². The number of fused-ring (bicyclic) bond motifs is 1. The number of nitrogens with one attached hydrogen (secondary N) is 1. The summed E-state index contributed by atoms with van der Waals surface area (Å²) in [6.07, 6.45) is 2.40. The lowest BCUT2D eigenvalue weighted by Gasteiger charge is -2.25. The Labute approximate surface area is 143 Å². The molecule has 4 nitrogen and oxygen atoms in total. The van der Waals surface area contributed by atoms with Gasteiger partial charge in [-0.25, -0.2) is 0 Å². The van der Waals surface area contributed by atoms with Crippen molar-refractivity contribution >= 4 is 16.7 Å². The van der Waals surface area contributed by atoms with Crippen LogP contribution in [0.1, 0.15) is 18.4 Å². The molecule has 2 aliphatic heterocycles. The van der Waals surface area contributed by atoms with Gasteiger partial charge in [-0.15, -0.1) is 0 Å². The lowest BCUT2D eigenvalue weighted by molar-refractivity contribution is 0.156. The van der Waals surface area contributed by atoms with Crippen molar-refractivity contribution in [1.82, 2.24) is 10.2 Å². The van der Waals surface area contributed by atoms with Crippen molar-refractivity contribution < 1.29 is 4.74 Å². The number of benzene rings is 2. The van der Waals surface area contributed by atoms with Crippen LogP contribution in [0.5, 0.6) is 0 Å². The second kappa shape index (κ2) is 6.44. The van der Waals surface area contributed by atoms with Crippen LogP contribution in [-0.4, -0.2) is 44.2 Å². The van der Waals surface area contributed by atoms with Gasteiger partial charge < -0.3 is 15.0 Å². The molecule has 4 heteroatoms. The molecule has 4 rings (SSSR count). The smallest absolute Gasteiger partial charge is 0.193 e. The predicted molar refractivity (Wildman–Crippen MR) is 98.2 cm³/mol. The fourth-order valence-corrected chi connectivity index (χ4v) is 3.95. The maximum Gasteiger partial charge on any atom is 0.193 e. The van der Waals surface area contributed by atoms with Gasteiger partial charge in [-0.2, -0.15) is 0 Å². The molecule has 1 N–H and O–H groups in total. The van der Waals surface area contributed by atoms with Gasteiger partial charge in [-0.05, 0) is 35.2 Å². The van der Waals surface area contributed by atoms with E-state index < -0.39 is 0 Å². The molecule has 0 aliphatic carbocycles. The Hall–Kier alpha value is -2.07. The standard InChI is InChI=1S/C20H25N3O/c1-21-19(23-10-8-20(14-23)9-11-24-15-20)22-13-16-6-7-17-4-2-3-5-18(17)12-16/h2-7,12H,8-11,13-15H2,1H3,(H,21,22). The first-order valence-electron chi connectivity index (χ1n) is 8.79. The molecule has 0 aromatic heterocycles.